The maximum absolute atomic E-state index is 5.93. The molecule has 0 aromatic carbocycles. The molecule has 0 aliphatic heterocycles. The van der Waals surface area contributed by atoms with Crippen LogP contribution in [0.3, 0.4) is 0 Å². The van der Waals surface area contributed by atoms with Crippen LogP contribution < -0.4 is 4.90 Å². The smallest absolute Gasteiger partial charge is 0.318 e. The number of alkyl halides is 1. The number of nitrogens with zero attached hydrogens (tertiary/aromatic N) is 4. The fraction of sp³-hybridized carbons (Fsp3) is 0.833. The zero-order valence-corrected chi connectivity index (χ0v) is 12.6. The standard InChI is InChI=1S/C12H23ClN4O/c1-9(2)8-17(7-6-16(4)5)12-15-14-11(18-12)10(3)13/h9-10H,6-8H2,1-5H3. The average molecular weight is 275 g/mol. The van der Waals surface area contributed by atoms with E-state index in [2.05, 4.69) is 33.8 Å². The van der Waals surface area contributed by atoms with E-state index in [1.54, 1.807) is 0 Å². The number of aromatic nitrogens is 2. The summed E-state index contributed by atoms with van der Waals surface area (Å²) in [6, 6.07) is 0.563. The van der Waals surface area contributed by atoms with Crippen LogP contribution in [-0.4, -0.2) is 48.8 Å². The Bertz CT molecular complexity index is 352. The van der Waals surface area contributed by atoms with Crippen molar-refractivity contribution in [2.75, 3.05) is 38.6 Å². The summed E-state index contributed by atoms with van der Waals surface area (Å²) in [5, 5.41) is 7.79. The number of halogens is 1. The lowest BCUT2D eigenvalue weighted by molar-refractivity contribution is 0.396. The van der Waals surface area contributed by atoms with E-state index in [1.165, 1.54) is 0 Å². The fourth-order valence-electron chi connectivity index (χ4n) is 1.54. The fourth-order valence-corrected chi connectivity index (χ4v) is 1.63. The molecule has 104 valence electrons. The van der Waals surface area contributed by atoms with Crippen LogP contribution in [0, 0.1) is 5.92 Å². The van der Waals surface area contributed by atoms with Gasteiger partial charge in [-0.2, -0.15) is 0 Å². The Labute approximate surface area is 114 Å². The molecule has 0 saturated carbocycles. The van der Waals surface area contributed by atoms with Crippen LogP contribution in [0.2, 0.25) is 0 Å². The third-order valence-corrected chi connectivity index (χ3v) is 2.63. The van der Waals surface area contributed by atoms with E-state index in [-0.39, 0.29) is 5.38 Å². The largest absolute Gasteiger partial charge is 0.406 e. The highest BCUT2D eigenvalue weighted by atomic mass is 35.5. The van der Waals surface area contributed by atoms with E-state index < -0.39 is 0 Å². The Morgan fingerprint density at radius 2 is 1.83 bits per heavy atom. The van der Waals surface area contributed by atoms with Crippen molar-refractivity contribution in [3.63, 3.8) is 0 Å². The first-order chi connectivity index (χ1) is 8.40. The van der Waals surface area contributed by atoms with E-state index in [9.17, 15) is 0 Å². The van der Waals surface area contributed by atoms with E-state index >= 15 is 0 Å². The van der Waals surface area contributed by atoms with Crippen LogP contribution in [0.4, 0.5) is 6.01 Å². The summed E-state index contributed by atoms with van der Waals surface area (Å²) in [5.41, 5.74) is 0. The summed E-state index contributed by atoms with van der Waals surface area (Å²) >= 11 is 5.93. The maximum atomic E-state index is 5.93. The van der Waals surface area contributed by atoms with Gasteiger partial charge in [0.2, 0.25) is 5.89 Å². The lowest BCUT2D eigenvalue weighted by Crippen LogP contribution is -2.34. The minimum atomic E-state index is -0.249. The van der Waals surface area contributed by atoms with E-state index in [4.69, 9.17) is 16.0 Å². The van der Waals surface area contributed by atoms with Gasteiger partial charge in [-0.05, 0) is 26.9 Å². The minimum Gasteiger partial charge on any atom is -0.406 e. The summed E-state index contributed by atoms with van der Waals surface area (Å²) in [6.45, 7) is 8.87. The molecule has 6 heteroatoms. The molecule has 0 aliphatic carbocycles. The molecular formula is C12H23ClN4O. The lowest BCUT2D eigenvalue weighted by Gasteiger charge is -2.23. The molecule has 0 spiro atoms. The molecule has 1 unspecified atom stereocenters. The first-order valence-corrected chi connectivity index (χ1v) is 6.71. The van der Waals surface area contributed by atoms with Gasteiger partial charge in [-0.25, -0.2) is 0 Å². The van der Waals surface area contributed by atoms with Crippen molar-refractivity contribution >= 4 is 17.6 Å². The quantitative estimate of drug-likeness (QED) is 0.715. The topological polar surface area (TPSA) is 45.4 Å². The average Bonchev–Trinajstić information content (AvgIpc) is 2.72. The Kier molecular flexibility index (Phi) is 5.88. The molecule has 1 rings (SSSR count). The van der Waals surface area contributed by atoms with Crippen molar-refractivity contribution in [1.29, 1.82) is 0 Å². The normalized spacial score (nSPS) is 13.3. The predicted octanol–water partition coefficient (Wildman–Crippen LogP) is 2.39. The van der Waals surface area contributed by atoms with Crippen molar-refractivity contribution in [2.24, 2.45) is 5.92 Å². The molecule has 1 aromatic rings. The van der Waals surface area contributed by atoms with Crippen LogP contribution >= 0.6 is 11.6 Å². The molecule has 0 saturated heterocycles. The molecule has 0 N–H and O–H groups in total. The zero-order valence-electron chi connectivity index (χ0n) is 11.9. The SMILES string of the molecule is CC(C)CN(CCN(C)C)c1nnc(C(C)Cl)o1. The van der Waals surface area contributed by atoms with Crippen molar-refractivity contribution in [2.45, 2.75) is 26.1 Å². The molecule has 1 atom stereocenters. The number of likely N-dealkylation sites (N-methyl/N-ethyl adjacent to an activating group) is 1. The molecule has 1 aromatic heterocycles. The van der Waals surface area contributed by atoms with Crippen LogP contribution in [0.5, 0.6) is 0 Å². The minimum absolute atomic E-state index is 0.249. The number of hydrogen-bond donors (Lipinski definition) is 0. The third kappa shape index (κ3) is 4.82. The molecule has 1 heterocycles. The summed E-state index contributed by atoms with van der Waals surface area (Å²) in [6.07, 6.45) is 0. The van der Waals surface area contributed by atoms with E-state index in [0.717, 1.165) is 19.6 Å². The zero-order chi connectivity index (χ0) is 13.7. The van der Waals surface area contributed by atoms with Gasteiger partial charge in [-0.1, -0.05) is 18.9 Å². The van der Waals surface area contributed by atoms with Gasteiger partial charge < -0.3 is 14.2 Å². The van der Waals surface area contributed by atoms with Gasteiger partial charge >= 0.3 is 6.01 Å². The monoisotopic (exact) mass is 274 g/mol. The second kappa shape index (κ2) is 6.95. The first kappa shape index (κ1) is 15.2. The molecule has 0 radical (unpaired) electrons. The Hall–Kier alpha value is -0.810. The Morgan fingerprint density at radius 1 is 1.17 bits per heavy atom. The summed E-state index contributed by atoms with van der Waals surface area (Å²) in [5.74, 6) is 1.02. The molecule has 0 amide bonds. The third-order valence-electron chi connectivity index (χ3n) is 2.44. The Balaban J connectivity index is 2.73. The second-order valence-electron chi connectivity index (χ2n) is 5.18. The van der Waals surface area contributed by atoms with Crippen molar-refractivity contribution < 1.29 is 4.42 Å². The second-order valence-corrected chi connectivity index (χ2v) is 5.84. The van der Waals surface area contributed by atoms with Gasteiger partial charge in [-0.15, -0.1) is 16.7 Å². The highest BCUT2D eigenvalue weighted by molar-refractivity contribution is 6.20. The highest BCUT2D eigenvalue weighted by Gasteiger charge is 2.17. The van der Waals surface area contributed by atoms with Gasteiger partial charge in [-0.3, -0.25) is 0 Å². The van der Waals surface area contributed by atoms with Gasteiger partial charge in [0.05, 0.1) is 0 Å². The number of rotatable bonds is 7. The molecule has 0 fully saturated rings. The van der Waals surface area contributed by atoms with E-state index in [0.29, 0.717) is 17.8 Å². The van der Waals surface area contributed by atoms with Crippen molar-refractivity contribution in [1.82, 2.24) is 15.1 Å². The lowest BCUT2D eigenvalue weighted by atomic mass is 10.2. The maximum Gasteiger partial charge on any atom is 0.318 e. The molecular weight excluding hydrogens is 252 g/mol. The van der Waals surface area contributed by atoms with Crippen LogP contribution in [0.1, 0.15) is 32.0 Å². The molecule has 0 aliphatic rings. The Morgan fingerprint density at radius 3 is 2.28 bits per heavy atom. The van der Waals surface area contributed by atoms with Gasteiger partial charge in [0.1, 0.15) is 5.38 Å². The van der Waals surface area contributed by atoms with Crippen LogP contribution in [0.25, 0.3) is 0 Å². The van der Waals surface area contributed by atoms with Gasteiger partial charge in [0.15, 0.2) is 0 Å². The van der Waals surface area contributed by atoms with E-state index in [1.807, 2.05) is 21.0 Å². The van der Waals surface area contributed by atoms with Crippen molar-refractivity contribution in [3.8, 4) is 0 Å². The van der Waals surface area contributed by atoms with Gasteiger partial charge in [0.25, 0.3) is 0 Å². The molecule has 5 nitrogen and oxygen atoms in total. The van der Waals surface area contributed by atoms with Crippen LogP contribution in [0.15, 0.2) is 4.42 Å². The summed E-state index contributed by atoms with van der Waals surface area (Å²) in [7, 11) is 4.10. The molecule has 18 heavy (non-hydrogen) atoms. The molecule has 0 bridgehead atoms. The predicted molar refractivity (Wildman–Crippen MR) is 74.2 cm³/mol. The summed E-state index contributed by atoms with van der Waals surface area (Å²) in [4.78, 5) is 4.25. The van der Waals surface area contributed by atoms with Gasteiger partial charge in [0, 0.05) is 19.6 Å². The van der Waals surface area contributed by atoms with Crippen molar-refractivity contribution in [3.05, 3.63) is 5.89 Å². The van der Waals surface area contributed by atoms with Crippen LogP contribution in [-0.2, 0) is 0 Å². The first-order valence-electron chi connectivity index (χ1n) is 6.27. The summed E-state index contributed by atoms with van der Waals surface area (Å²) < 4.78 is 5.59. The number of hydrogen-bond acceptors (Lipinski definition) is 5. The highest BCUT2D eigenvalue weighted by Crippen LogP contribution is 2.21. The number of anilines is 1.